The Morgan fingerprint density at radius 3 is 2.70 bits per heavy atom. The Morgan fingerprint density at radius 1 is 1.60 bits per heavy atom. The number of hydrogen-bond donors (Lipinski definition) is 1. The Labute approximate surface area is 58.6 Å². The third-order valence-electron chi connectivity index (χ3n) is 1.44. The van der Waals surface area contributed by atoms with Gasteiger partial charge in [-0.05, 0) is 6.08 Å². The number of ether oxygens (including phenoxy) is 1. The molecule has 0 aromatic heterocycles. The van der Waals surface area contributed by atoms with Crippen molar-refractivity contribution in [1.82, 2.24) is 0 Å². The molecular weight excluding hydrogens is 135 g/mol. The van der Waals surface area contributed by atoms with E-state index in [1.54, 1.807) is 6.08 Å². The molecule has 1 aliphatic carbocycles. The minimum atomic E-state index is -2.03. The van der Waals surface area contributed by atoms with Crippen LogP contribution in [0.15, 0.2) is 24.3 Å². The Kier molecular flexibility index (Phi) is 1.87. The van der Waals surface area contributed by atoms with E-state index in [0.29, 0.717) is 0 Å². The summed E-state index contributed by atoms with van der Waals surface area (Å²) >= 11 is 0. The lowest BCUT2D eigenvalue weighted by Gasteiger charge is -2.25. The number of aliphatic hydroxyl groups excluding tert-OH is 1. The van der Waals surface area contributed by atoms with Gasteiger partial charge in [-0.2, -0.15) is 0 Å². The number of halogens is 1. The molecule has 0 bridgehead atoms. The molecule has 0 aliphatic heterocycles. The molecule has 0 spiro atoms. The lowest BCUT2D eigenvalue weighted by molar-refractivity contribution is -0.140. The highest BCUT2D eigenvalue weighted by atomic mass is 19.2. The summed E-state index contributed by atoms with van der Waals surface area (Å²) < 4.78 is 17.5. The van der Waals surface area contributed by atoms with Crippen molar-refractivity contribution in [3.63, 3.8) is 0 Å². The van der Waals surface area contributed by atoms with E-state index in [4.69, 9.17) is 5.11 Å². The topological polar surface area (TPSA) is 29.5 Å². The molecular formula is C7H9FO2. The Bertz CT molecular complexity index is 176. The average molecular weight is 144 g/mol. The fraction of sp³-hybridized carbons (Fsp3) is 0.429. The highest BCUT2D eigenvalue weighted by molar-refractivity contribution is 5.19. The van der Waals surface area contributed by atoms with Gasteiger partial charge in [0, 0.05) is 7.11 Å². The van der Waals surface area contributed by atoms with Gasteiger partial charge in [0.2, 0.25) is 0 Å². The molecule has 1 N–H and O–H groups in total. The fourth-order valence-electron chi connectivity index (χ4n) is 0.775. The number of aliphatic hydroxyl groups is 1. The van der Waals surface area contributed by atoms with Gasteiger partial charge in [0.05, 0.1) is 0 Å². The van der Waals surface area contributed by atoms with E-state index in [2.05, 4.69) is 4.74 Å². The molecule has 1 aliphatic rings. The van der Waals surface area contributed by atoms with Crippen molar-refractivity contribution >= 4 is 0 Å². The smallest absolute Gasteiger partial charge is 0.258 e. The molecule has 0 aromatic rings. The summed E-state index contributed by atoms with van der Waals surface area (Å²) in [6.07, 6.45) is 4.39. The molecule has 0 fully saturated rings. The number of allylic oxidation sites excluding steroid dienone is 2. The summed E-state index contributed by atoms with van der Waals surface area (Å²) in [6, 6.07) is 0. The van der Waals surface area contributed by atoms with Gasteiger partial charge in [-0.3, -0.25) is 0 Å². The molecule has 2 unspecified atom stereocenters. The minimum absolute atomic E-state index is 1.18. The summed E-state index contributed by atoms with van der Waals surface area (Å²) in [5.41, 5.74) is 0. The number of rotatable bonds is 1. The molecule has 56 valence electrons. The summed E-state index contributed by atoms with van der Waals surface area (Å²) in [4.78, 5) is 0. The van der Waals surface area contributed by atoms with Crippen LogP contribution in [0.3, 0.4) is 0 Å². The molecule has 0 radical (unpaired) electrons. The Hall–Kier alpha value is -0.670. The molecule has 0 saturated heterocycles. The van der Waals surface area contributed by atoms with Crippen molar-refractivity contribution in [2.45, 2.75) is 12.0 Å². The average Bonchev–Trinajstić information content (AvgIpc) is 1.96. The van der Waals surface area contributed by atoms with E-state index < -0.39 is 12.0 Å². The molecule has 3 heteroatoms. The predicted octanol–water partition coefficient (Wildman–Crippen LogP) is 0.785. The first-order chi connectivity index (χ1) is 4.69. The van der Waals surface area contributed by atoms with E-state index >= 15 is 0 Å². The molecule has 2 nitrogen and oxygen atoms in total. The van der Waals surface area contributed by atoms with Crippen molar-refractivity contribution in [3.05, 3.63) is 24.3 Å². The normalized spacial score (nSPS) is 38.5. The summed E-state index contributed by atoms with van der Waals surface area (Å²) in [7, 11) is 1.21. The van der Waals surface area contributed by atoms with Crippen molar-refractivity contribution in [2.75, 3.05) is 7.11 Å². The quantitative estimate of drug-likeness (QED) is 0.589. The van der Waals surface area contributed by atoms with Crippen LogP contribution in [0.4, 0.5) is 4.39 Å². The highest BCUT2D eigenvalue weighted by Crippen LogP contribution is 2.23. The van der Waals surface area contributed by atoms with Crippen molar-refractivity contribution in [3.8, 4) is 0 Å². The van der Waals surface area contributed by atoms with Crippen molar-refractivity contribution < 1.29 is 14.2 Å². The highest BCUT2D eigenvalue weighted by Gasteiger charge is 2.34. The van der Waals surface area contributed by atoms with E-state index in [1.807, 2.05) is 0 Å². The van der Waals surface area contributed by atoms with Gasteiger partial charge >= 0.3 is 0 Å². The zero-order valence-electron chi connectivity index (χ0n) is 5.62. The van der Waals surface area contributed by atoms with Gasteiger partial charge < -0.3 is 9.84 Å². The number of alkyl halides is 1. The lowest BCUT2D eigenvalue weighted by atomic mass is 10.1. The summed E-state index contributed by atoms with van der Waals surface area (Å²) in [5.74, 6) is -2.03. The predicted molar refractivity (Wildman–Crippen MR) is 35.1 cm³/mol. The zero-order valence-corrected chi connectivity index (χ0v) is 5.62. The molecule has 10 heavy (non-hydrogen) atoms. The first-order valence-corrected chi connectivity index (χ1v) is 2.97. The molecule has 0 heterocycles. The first-order valence-electron chi connectivity index (χ1n) is 2.97. The van der Waals surface area contributed by atoms with Crippen LogP contribution in [0.25, 0.3) is 0 Å². The van der Waals surface area contributed by atoms with Crippen molar-refractivity contribution in [2.24, 2.45) is 0 Å². The maximum absolute atomic E-state index is 13.1. The second kappa shape index (κ2) is 2.52. The van der Waals surface area contributed by atoms with Gasteiger partial charge in [-0.1, -0.05) is 18.2 Å². The Balaban J connectivity index is 2.77. The van der Waals surface area contributed by atoms with Crippen LogP contribution < -0.4 is 0 Å². The van der Waals surface area contributed by atoms with E-state index in [1.165, 1.54) is 25.3 Å². The molecule has 0 aromatic carbocycles. The van der Waals surface area contributed by atoms with Gasteiger partial charge in [-0.25, -0.2) is 4.39 Å². The van der Waals surface area contributed by atoms with Crippen LogP contribution in [0.1, 0.15) is 0 Å². The monoisotopic (exact) mass is 144 g/mol. The van der Waals surface area contributed by atoms with Gasteiger partial charge in [-0.15, -0.1) is 0 Å². The van der Waals surface area contributed by atoms with Gasteiger partial charge in [0.25, 0.3) is 5.85 Å². The lowest BCUT2D eigenvalue weighted by Crippen LogP contribution is -2.37. The first kappa shape index (κ1) is 7.44. The van der Waals surface area contributed by atoms with E-state index in [9.17, 15) is 4.39 Å². The number of methoxy groups -OCH3 is 1. The van der Waals surface area contributed by atoms with E-state index in [-0.39, 0.29) is 0 Å². The largest absolute Gasteiger partial charge is 0.383 e. The van der Waals surface area contributed by atoms with Crippen LogP contribution in [-0.4, -0.2) is 24.2 Å². The summed E-state index contributed by atoms with van der Waals surface area (Å²) in [5, 5.41) is 8.99. The second-order valence-electron chi connectivity index (χ2n) is 2.09. The van der Waals surface area contributed by atoms with Crippen LogP contribution >= 0.6 is 0 Å². The SMILES string of the molecule is COC1(F)C=CC=CC1O. The zero-order chi connectivity index (χ0) is 7.61. The van der Waals surface area contributed by atoms with Crippen LogP contribution in [-0.2, 0) is 4.74 Å². The third kappa shape index (κ3) is 1.10. The van der Waals surface area contributed by atoms with Gasteiger partial charge in [0.1, 0.15) is 6.10 Å². The van der Waals surface area contributed by atoms with Crippen LogP contribution in [0, 0.1) is 0 Å². The van der Waals surface area contributed by atoms with Crippen molar-refractivity contribution in [1.29, 1.82) is 0 Å². The maximum atomic E-state index is 13.1. The third-order valence-corrected chi connectivity index (χ3v) is 1.44. The second-order valence-corrected chi connectivity index (χ2v) is 2.09. The Morgan fingerprint density at radius 2 is 2.30 bits per heavy atom. The molecule has 1 rings (SSSR count). The maximum Gasteiger partial charge on any atom is 0.258 e. The fourth-order valence-corrected chi connectivity index (χ4v) is 0.775. The standard InChI is InChI=1S/C7H9FO2/c1-10-7(8)5-3-2-4-6(7)9/h2-6,9H,1H3. The van der Waals surface area contributed by atoms with E-state index in [0.717, 1.165) is 0 Å². The van der Waals surface area contributed by atoms with Crippen LogP contribution in [0.2, 0.25) is 0 Å². The molecule has 2 atom stereocenters. The molecule has 0 amide bonds. The van der Waals surface area contributed by atoms with Gasteiger partial charge in [0.15, 0.2) is 0 Å². The summed E-state index contributed by atoms with van der Waals surface area (Å²) in [6.45, 7) is 0. The molecule has 0 saturated carbocycles. The number of hydrogen-bond acceptors (Lipinski definition) is 2. The minimum Gasteiger partial charge on any atom is -0.383 e. The van der Waals surface area contributed by atoms with Crippen LogP contribution in [0.5, 0.6) is 0 Å².